The minimum Gasteiger partial charge on any atom is -0.307 e. The summed E-state index contributed by atoms with van der Waals surface area (Å²) in [5.74, 6) is 2.14. The van der Waals surface area contributed by atoms with E-state index in [4.69, 9.17) is 11.5 Å². The molecule has 0 bridgehead atoms. The van der Waals surface area contributed by atoms with Crippen LogP contribution in [0.2, 0.25) is 0 Å². The third-order valence-corrected chi connectivity index (χ3v) is 4.16. The molecule has 6 N–H and O–H groups in total. The van der Waals surface area contributed by atoms with Gasteiger partial charge in [0.15, 0.2) is 0 Å². The van der Waals surface area contributed by atoms with Crippen LogP contribution in [0.1, 0.15) is 12.8 Å². The lowest BCUT2D eigenvalue weighted by Crippen LogP contribution is -2.34. The zero-order chi connectivity index (χ0) is 13.6. The van der Waals surface area contributed by atoms with Crippen LogP contribution in [0.4, 0.5) is 0 Å². The maximum Gasteiger partial charge on any atom is 0.103 e. The number of nitrogens with two attached hydrogens (primary N) is 2. The van der Waals surface area contributed by atoms with Crippen molar-refractivity contribution in [1.29, 1.82) is 0 Å². The van der Waals surface area contributed by atoms with Gasteiger partial charge in [0.05, 0.1) is 0 Å². The highest BCUT2D eigenvalue weighted by Gasteiger charge is 2.02. The molecule has 0 radical (unpaired) electrons. The molecule has 0 unspecified atom stereocenters. The number of rotatable bonds is 13. The fourth-order valence-electron chi connectivity index (χ4n) is 1.14. The third-order valence-electron chi connectivity index (χ3n) is 2.06. The van der Waals surface area contributed by atoms with E-state index in [0.29, 0.717) is 0 Å². The predicted molar refractivity (Wildman–Crippen MR) is 86.5 cm³/mol. The molecular weight excluding hydrogens is 264 g/mol. The lowest BCUT2D eigenvalue weighted by molar-refractivity contribution is 0.721. The molecule has 0 aromatic carbocycles. The molecule has 0 aliphatic carbocycles. The molecule has 0 heterocycles. The monoisotopic (exact) mass is 290 g/mol. The average molecular weight is 291 g/mol. The van der Waals surface area contributed by atoms with Gasteiger partial charge in [-0.15, -0.1) is 36.7 Å². The summed E-state index contributed by atoms with van der Waals surface area (Å²) in [6.45, 7) is 8.79. The fourth-order valence-corrected chi connectivity index (χ4v) is 2.82. The Kier molecular flexibility index (Phi) is 13.5. The molecule has 0 aromatic rings. The Labute approximate surface area is 119 Å². The highest BCUT2D eigenvalue weighted by molar-refractivity contribution is 8.00. The van der Waals surface area contributed by atoms with Gasteiger partial charge in [0, 0.05) is 13.1 Å². The van der Waals surface area contributed by atoms with Gasteiger partial charge in [-0.2, -0.15) is 0 Å². The standard InChI is InChI=1S/C12H26N4S2/c1-3-7-15-11(13)17-9-5-6-10-18-12(14)16-8-4-2/h3-4,11-12,15-16H,1-2,5-10,13-14H2/t11-,12+. The van der Waals surface area contributed by atoms with Crippen molar-refractivity contribution in [3.05, 3.63) is 25.3 Å². The molecular formula is C12H26N4S2. The Hall–Kier alpha value is 0.0200. The van der Waals surface area contributed by atoms with Crippen LogP contribution in [0.3, 0.4) is 0 Å². The van der Waals surface area contributed by atoms with Crippen LogP contribution in [-0.2, 0) is 0 Å². The molecule has 18 heavy (non-hydrogen) atoms. The number of hydrogen-bond acceptors (Lipinski definition) is 6. The first kappa shape index (κ1) is 18.0. The van der Waals surface area contributed by atoms with Crippen molar-refractivity contribution in [2.45, 2.75) is 23.8 Å². The summed E-state index contributed by atoms with van der Waals surface area (Å²) in [6.07, 6.45) is 5.95. The van der Waals surface area contributed by atoms with Crippen LogP contribution >= 0.6 is 23.5 Å². The highest BCUT2D eigenvalue weighted by Crippen LogP contribution is 2.11. The van der Waals surface area contributed by atoms with Crippen molar-refractivity contribution in [2.75, 3.05) is 24.6 Å². The van der Waals surface area contributed by atoms with Crippen molar-refractivity contribution in [2.24, 2.45) is 11.5 Å². The first-order chi connectivity index (χ1) is 8.70. The number of thioether (sulfide) groups is 2. The number of unbranched alkanes of at least 4 members (excludes halogenated alkanes) is 1. The van der Waals surface area contributed by atoms with Crippen molar-refractivity contribution in [3.8, 4) is 0 Å². The average Bonchev–Trinajstić information content (AvgIpc) is 2.37. The largest absolute Gasteiger partial charge is 0.307 e. The molecule has 0 saturated heterocycles. The molecule has 106 valence electrons. The smallest absolute Gasteiger partial charge is 0.103 e. The molecule has 4 nitrogen and oxygen atoms in total. The van der Waals surface area contributed by atoms with Crippen LogP contribution in [-0.4, -0.2) is 35.6 Å². The van der Waals surface area contributed by atoms with Gasteiger partial charge in [-0.1, -0.05) is 12.2 Å². The second-order valence-electron chi connectivity index (χ2n) is 3.68. The van der Waals surface area contributed by atoms with Gasteiger partial charge in [-0.25, -0.2) is 0 Å². The molecule has 0 fully saturated rings. The van der Waals surface area contributed by atoms with E-state index in [1.54, 1.807) is 23.5 Å². The molecule has 0 aliphatic rings. The summed E-state index contributed by atoms with van der Waals surface area (Å²) in [7, 11) is 0. The summed E-state index contributed by atoms with van der Waals surface area (Å²) in [5, 5.41) is 6.29. The number of hydrogen-bond donors (Lipinski definition) is 4. The Bertz CT molecular complexity index is 192. The molecule has 6 heteroatoms. The van der Waals surface area contributed by atoms with Crippen molar-refractivity contribution >= 4 is 23.5 Å². The van der Waals surface area contributed by atoms with Crippen LogP contribution in [0.25, 0.3) is 0 Å². The van der Waals surface area contributed by atoms with Gasteiger partial charge in [0.25, 0.3) is 0 Å². The zero-order valence-electron chi connectivity index (χ0n) is 10.9. The molecule has 0 spiro atoms. The lowest BCUT2D eigenvalue weighted by Gasteiger charge is -2.13. The van der Waals surface area contributed by atoms with E-state index in [1.807, 2.05) is 12.2 Å². The third kappa shape index (κ3) is 12.5. The highest BCUT2D eigenvalue weighted by atomic mass is 32.2. The van der Waals surface area contributed by atoms with Crippen LogP contribution in [0.5, 0.6) is 0 Å². The van der Waals surface area contributed by atoms with E-state index in [9.17, 15) is 0 Å². The van der Waals surface area contributed by atoms with Crippen LogP contribution in [0.15, 0.2) is 25.3 Å². The van der Waals surface area contributed by atoms with Gasteiger partial charge in [-0.3, -0.25) is 10.6 Å². The topological polar surface area (TPSA) is 76.1 Å². The molecule has 0 amide bonds. The summed E-state index contributed by atoms with van der Waals surface area (Å²) in [6, 6.07) is 0. The SMILES string of the molecule is C=CCN[C@@H](N)SCCCCS[C@@H](N)NCC=C. The molecule has 2 atom stereocenters. The minimum absolute atomic E-state index is 0.00664. The summed E-state index contributed by atoms with van der Waals surface area (Å²) in [5.41, 5.74) is 11.7. The Balaban J connectivity index is 3.24. The summed E-state index contributed by atoms with van der Waals surface area (Å²) >= 11 is 3.48. The second kappa shape index (κ2) is 13.5. The van der Waals surface area contributed by atoms with E-state index >= 15 is 0 Å². The summed E-state index contributed by atoms with van der Waals surface area (Å²) in [4.78, 5) is 0. The van der Waals surface area contributed by atoms with E-state index in [2.05, 4.69) is 23.8 Å². The Morgan fingerprint density at radius 1 is 0.889 bits per heavy atom. The summed E-state index contributed by atoms with van der Waals surface area (Å²) < 4.78 is 0. The van der Waals surface area contributed by atoms with Gasteiger partial charge >= 0.3 is 0 Å². The predicted octanol–water partition coefficient (Wildman–Crippen LogP) is 1.27. The molecule has 0 saturated carbocycles. The van der Waals surface area contributed by atoms with E-state index in [1.165, 1.54) is 0 Å². The Morgan fingerprint density at radius 3 is 1.61 bits per heavy atom. The van der Waals surface area contributed by atoms with Crippen LogP contribution < -0.4 is 22.1 Å². The van der Waals surface area contributed by atoms with Gasteiger partial charge in [0.2, 0.25) is 0 Å². The van der Waals surface area contributed by atoms with Gasteiger partial charge < -0.3 is 11.5 Å². The molecule has 0 rings (SSSR count). The maximum atomic E-state index is 5.84. The first-order valence-corrected chi connectivity index (χ1v) is 8.23. The van der Waals surface area contributed by atoms with Gasteiger partial charge in [-0.05, 0) is 24.3 Å². The van der Waals surface area contributed by atoms with Crippen molar-refractivity contribution in [1.82, 2.24) is 10.6 Å². The van der Waals surface area contributed by atoms with E-state index in [-0.39, 0.29) is 11.0 Å². The first-order valence-electron chi connectivity index (χ1n) is 6.13. The normalized spacial score (nSPS) is 14.1. The van der Waals surface area contributed by atoms with Gasteiger partial charge in [0.1, 0.15) is 11.0 Å². The zero-order valence-corrected chi connectivity index (χ0v) is 12.6. The fraction of sp³-hybridized carbons (Fsp3) is 0.667. The lowest BCUT2D eigenvalue weighted by atomic mass is 10.4. The van der Waals surface area contributed by atoms with Crippen molar-refractivity contribution in [3.63, 3.8) is 0 Å². The minimum atomic E-state index is 0.00664. The Morgan fingerprint density at radius 2 is 1.28 bits per heavy atom. The molecule has 0 aliphatic heterocycles. The molecule has 0 aromatic heterocycles. The van der Waals surface area contributed by atoms with E-state index < -0.39 is 0 Å². The van der Waals surface area contributed by atoms with Crippen molar-refractivity contribution < 1.29 is 0 Å². The number of nitrogens with one attached hydrogen (secondary N) is 2. The maximum absolute atomic E-state index is 5.84. The second-order valence-corrected chi connectivity index (χ2v) is 6.18. The van der Waals surface area contributed by atoms with Crippen LogP contribution in [0, 0.1) is 0 Å². The quantitative estimate of drug-likeness (QED) is 0.232. The van der Waals surface area contributed by atoms with E-state index in [0.717, 1.165) is 37.4 Å².